The minimum Gasteiger partial charge on any atom is -0.462 e. The third-order valence-electron chi connectivity index (χ3n) is 8.65. The summed E-state index contributed by atoms with van der Waals surface area (Å²) in [5.41, 5.74) is 8.62. The first-order valence-electron chi connectivity index (χ1n) is 16.3. The number of carbonyl (C=O) groups is 1. The highest BCUT2D eigenvalue weighted by Crippen LogP contribution is 2.43. The van der Waals surface area contributed by atoms with Gasteiger partial charge in [-0.3, -0.25) is 4.79 Å². The van der Waals surface area contributed by atoms with Crippen LogP contribution in [0.4, 0.5) is 0 Å². The topological polar surface area (TPSA) is 46.5 Å². The highest BCUT2D eigenvalue weighted by molar-refractivity contribution is 5.66. The summed E-state index contributed by atoms with van der Waals surface area (Å²) in [6, 6.07) is 0. The van der Waals surface area contributed by atoms with Crippen molar-refractivity contribution < 1.29 is 14.6 Å². The fraction of sp³-hybridized carbons (Fsp3) is 0.452. The lowest BCUT2D eigenvalue weighted by molar-refractivity contribution is -0.147. The van der Waals surface area contributed by atoms with Crippen LogP contribution in [0.2, 0.25) is 0 Å². The maximum absolute atomic E-state index is 11.4. The molecular weight excluding hydrogens is 552 g/mol. The van der Waals surface area contributed by atoms with Gasteiger partial charge in [0.1, 0.15) is 6.10 Å². The van der Waals surface area contributed by atoms with Gasteiger partial charge in [0.25, 0.3) is 0 Å². The number of aliphatic hydroxyl groups is 1. The van der Waals surface area contributed by atoms with Gasteiger partial charge >= 0.3 is 5.97 Å². The first-order valence-corrected chi connectivity index (χ1v) is 16.3. The maximum Gasteiger partial charge on any atom is 0.302 e. The van der Waals surface area contributed by atoms with Crippen LogP contribution in [0.1, 0.15) is 95.4 Å². The lowest BCUT2D eigenvalue weighted by Crippen LogP contribution is -2.32. The molecule has 0 aromatic heterocycles. The Balaban J connectivity index is 1.91. The molecule has 0 aromatic carbocycles. The quantitative estimate of drug-likeness (QED) is 0.144. The minimum atomic E-state index is -0.335. The number of hydrogen-bond acceptors (Lipinski definition) is 3. The average Bonchev–Trinajstić information content (AvgIpc) is 2.88. The Hall–Kier alpha value is -3.43. The molecule has 3 atom stereocenters. The highest BCUT2D eigenvalue weighted by atomic mass is 16.5. The summed E-state index contributed by atoms with van der Waals surface area (Å²) in [5, 5.41) is 10.1. The smallest absolute Gasteiger partial charge is 0.302 e. The molecule has 0 bridgehead atoms. The summed E-state index contributed by atoms with van der Waals surface area (Å²) < 4.78 is 5.51. The van der Waals surface area contributed by atoms with Crippen LogP contribution >= 0.6 is 0 Å². The van der Waals surface area contributed by atoms with E-state index in [9.17, 15) is 9.90 Å². The molecule has 0 unspecified atom stereocenters. The van der Waals surface area contributed by atoms with Gasteiger partial charge in [0, 0.05) is 19.3 Å². The number of carbonyl (C=O) groups excluding carboxylic acids is 1. The molecule has 244 valence electrons. The molecule has 3 heteroatoms. The van der Waals surface area contributed by atoms with Crippen molar-refractivity contribution in [3.8, 4) is 0 Å². The normalized spacial score (nSPS) is 25.4. The first-order chi connectivity index (χ1) is 21.0. The average molecular weight is 611 g/mol. The monoisotopic (exact) mass is 610 g/mol. The molecule has 2 aliphatic carbocycles. The van der Waals surface area contributed by atoms with Crippen molar-refractivity contribution >= 4 is 5.97 Å². The van der Waals surface area contributed by atoms with Gasteiger partial charge in [-0.05, 0) is 70.8 Å². The molecule has 0 amide bonds. The Bertz CT molecular complexity index is 1390. The number of rotatable bonds is 11. The molecule has 0 fully saturated rings. The van der Waals surface area contributed by atoms with Gasteiger partial charge in [0.2, 0.25) is 0 Å². The second kappa shape index (κ2) is 17.3. The molecule has 0 radical (unpaired) electrons. The van der Waals surface area contributed by atoms with Gasteiger partial charge in [-0.2, -0.15) is 0 Å². The van der Waals surface area contributed by atoms with Gasteiger partial charge in [0.05, 0.1) is 6.10 Å². The Kier molecular flexibility index (Phi) is 14.5. The summed E-state index contributed by atoms with van der Waals surface area (Å²) in [5.74, 6) is 0.139. The first kappa shape index (κ1) is 37.8. The third kappa shape index (κ3) is 13.2. The van der Waals surface area contributed by atoms with Gasteiger partial charge in [-0.15, -0.1) is 0 Å². The molecule has 1 N–H and O–H groups in total. The Morgan fingerprint density at radius 3 is 1.80 bits per heavy atom. The Labute approximate surface area is 274 Å². The third-order valence-corrected chi connectivity index (χ3v) is 8.65. The number of allylic oxidation sites excluding steroid dienone is 20. The van der Waals surface area contributed by atoms with Crippen molar-refractivity contribution in [2.24, 2.45) is 16.7 Å². The minimum absolute atomic E-state index is 0.0346. The van der Waals surface area contributed by atoms with Crippen LogP contribution in [0.25, 0.3) is 0 Å². The van der Waals surface area contributed by atoms with Crippen molar-refractivity contribution in [3.05, 3.63) is 130 Å². The Morgan fingerprint density at radius 1 is 0.778 bits per heavy atom. The fourth-order valence-corrected chi connectivity index (χ4v) is 6.43. The van der Waals surface area contributed by atoms with Crippen LogP contribution in [-0.4, -0.2) is 23.3 Å². The SMILES string of the molecule is CC(=O)O[C@@H]1CC(C)=C(/C=C/C(C)=C/C=C/C(C)=C/C=C/C=C(C)/C=C/C=C(C)/C=C/[C@H]2C(C)=C[C@H](O)CC2(C)C)C(C)(C)C1. The molecule has 0 aromatic rings. The van der Waals surface area contributed by atoms with E-state index in [0.717, 1.165) is 19.3 Å². The molecule has 3 nitrogen and oxygen atoms in total. The molecule has 0 saturated carbocycles. The predicted octanol–water partition coefficient (Wildman–Crippen LogP) is 11.0. The summed E-state index contributed by atoms with van der Waals surface area (Å²) in [6.07, 6.45) is 34.0. The van der Waals surface area contributed by atoms with E-state index in [-0.39, 0.29) is 29.0 Å². The number of esters is 1. The van der Waals surface area contributed by atoms with Crippen LogP contribution < -0.4 is 0 Å². The van der Waals surface area contributed by atoms with Gasteiger partial charge < -0.3 is 9.84 Å². The fourth-order valence-electron chi connectivity index (χ4n) is 6.43. The molecule has 2 aliphatic rings. The van der Waals surface area contributed by atoms with Crippen molar-refractivity contribution in [1.29, 1.82) is 0 Å². The van der Waals surface area contributed by atoms with Crippen molar-refractivity contribution in [2.45, 2.75) is 108 Å². The molecule has 0 heterocycles. The Morgan fingerprint density at radius 2 is 1.29 bits per heavy atom. The second-order valence-electron chi connectivity index (χ2n) is 14.3. The van der Waals surface area contributed by atoms with Gasteiger partial charge in [-0.25, -0.2) is 0 Å². The molecular formula is C42H58O3. The van der Waals surface area contributed by atoms with E-state index < -0.39 is 0 Å². The van der Waals surface area contributed by atoms with E-state index >= 15 is 0 Å². The maximum atomic E-state index is 11.4. The van der Waals surface area contributed by atoms with Crippen LogP contribution in [0.15, 0.2) is 130 Å². The number of ether oxygens (including phenoxy) is 1. The zero-order valence-corrected chi connectivity index (χ0v) is 29.8. The molecule has 0 saturated heterocycles. The van der Waals surface area contributed by atoms with E-state index in [1.165, 1.54) is 45.9 Å². The van der Waals surface area contributed by atoms with Crippen molar-refractivity contribution in [1.82, 2.24) is 0 Å². The predicted molar refractivity (Wildman–Crippen MR) is 194 cm³/mol. The zero-order valence-electron chi connectivity index (χ0n) is 29.8. The molecule has 45 heavy (non-hydrogen) atoms. The summed E-state index contributed by atoms with van der Waals surface area (Å²) in [7, 11) is 0. The van der Waals surface area contributed by atoms with E-state index in [4.69, 9.17) is 4.74 Å². The van der Waals surface area contributed by atoms with E-state index in [1.807, 2.05) is 6.08 Å². The van der Waals surface area contributed by atoms with Crippen molar-refractivity contribution in [3.63, 3.8) is 0 Å². The van der Waals surface area contributed by atoms with Crippen LogP contribution in [0.3, 0.4) is 0 Å². The molecule has 0 spiro atoms. The van der Waals surface area contributed by atoms with Crippen LogP contribution in [0.5, 0.6) is 0 Å². The van der Waals surface area contributed by atoms with E-state index in [1.54, 1.807) is 0 Å². The second-order valence-corrected chi connectivity index (χ2v) is 14.3. The van der Waals surface area contributed by atoms with Gasteiger partial charge in [-0.1, -0.05) is 152 Å². The van der Waals surface area contributed by atoms with Crippen molar-refractivity contribution in [2.75, 3.05) is 0 Å². The number of hydrogen-bond donors (Lipinski definition) is 1. The largest absolute Gasteiger partial charge is 0.462 e. The number of aliphatic hydroxyl groups excluding tert-OH is 1. The van der Waals surface area contributed by atoms with Gasteiger partial charge in [0.15, 0.2) is 0 Å². The summed E-state index contributed by atoms with van der Waals surface area (Å²) >= 11 is 0. The van der Waals surface area contributed by atoms with E-state index in [0.29, 0.717) is 5.92 Å². The standard InChI is InChI=1S/C42H58O3/c1-30(18-14-20-32(3)22-24-39-34(5)26-37(44)28-41(39,8)9)16-12-13-17-31(2)19-15-21-33(4)23-25-40-35(6)27-38(45-36(7)43)29-42(40,10)11/h12-26,37-39,44H,27-29H2,1-11H3/b13-12+,18-14+,19-15+,24-22+,25-23+,30-16+,31-17+,32-20+,33-21+/t37-,38+,39-/m0/s1. The molecule has 0 aliphatic heterocycles. The van der Waals surface area contributed by atoms with E-state index in [2.05, 4.69) is 154 Å². The summed E-state index contributed by atoms with van der Waals surface area (Å²) in [4.78, 5) is 11.4. The summed E-state index contributed by atoms with van der Waals surface area (Å²) in [6.45, 7) is 23.1. The molecule has 2 rings (SSSR count). The highest BCUT2D eigenvalue weighted by Gasteiger charge is 2.35. The lowest BCUT2D eigenvalue weighted by atomic mass is 9.67. The van der Waals surface area contributed by atoms with Crippen LogP contribution in [0, 0.1) is 16.7 Å². The van der Waals surface area contributed by atoms with Crippen LogP contribution in [-0.2, 0) is 9.53 Å². The lowest BCUT2D eigenvalue weighted by Gasteiger charge is -2.38. The zero-order chi connectivity index (χ0) is 33.8.